The second-order valence-electron chi connectivity index (χ2n) is 4.61. The lowest BCUT2D eigenvalue weighted by Gasteiger charge is -2.26. The molecule has 2 rings (SSSR count). The monoisotopic (exact) mass is 309 g/mol. The number of sulfonamides is 1. The van der Waals surface area contributed by atoms with Crippen LogP contribution in [0.1, 0.15) is 13.3 Å². The van der Waals surface area contributed by atoms with E-state index in [1.807, 2.05) is 0 Å². The summed E-state index contributed by atoms with van der Waals surface area (Å²) in [5.74, 6) is 0. The number of hydrogen-bond donors (Lipinski definition) is 2. The highest BCUT2D eigenvalue weighted by molar-refractivity contribution is 7.89. The van der Waals surface area contributed by atoms with Gasteiger partial charge in [-0.15, -0.1) is 0 Å². The van der Waals surface area contributed by atoms with E-state index >= 15 is 0 Å². The molecule has 0 aliphatic carbocycles. The number of nitrogens with zero attached hydrogens (tertiary/aromatic N) is 2. The first-order valence-electron chi connectivity index (χ1n) is 5.77. The van der Waals surface area contributed by atoms with E-state index in [2.05, 4.69) is 9.82 Å². The average Bonchev–Trinajstić information content (AvgIpc) is 2.82. The van der Waals surface area contributed by atoms with Gasteiger partial charge in [0.1, 0.15) is 5.60 Å². The van der Waals surface area contributed by atoms with E-state index in [4.69, 9.17) is 16.3 Å². The fraction of sp³-hybridized carbons (Fsp3) is 0.700. The van der Waals surface area contributed by atoms with Crippen LogP contribution in [0.5, 0.6) is 0 Å². The van der Waals surface area contributed by atoms with Crippen LogP contribution in [0.15, 0.2) is 11.2 Å². The molecule has 108 valence electrons. The second kappa shape index (κ2) is 5.02. The molecule has 7 nitrogen and oxygen atoms in total. The fourth-order valence-electron chi connectivity index (χ4n) is 1.99. The quantitative estimate of drug-likeness (QED) is 0.809. The first-order valence-corrected chi connectivity index (χ1v) is 7.63. The minimum atomic E-state index is -3.82. The van der Waals surface area contributed by atoms with E-state index in [1.54, 1.807) is 6.92 Å². The van der Waals surface area contributed by atoms with Crippen LogP contribution in [0.25, 0.3) is 0 Å². The summed E-state index contributed by atoms with van der Waals surface area (Å²) in [6.45, 7) is 1.99. The summed E-state index contributed by atoms with van der Waals surface area (Å²) in [7, 11) is -2.34. The number of aromatic nitrogens is 2. The van der Waals surface area contributed by atoms with Gasteiger partial charge >= 0.3 is 0 Å². The summed E-state index contributed by atoms with van der Waals surface area (Å²) < 4.78 is 33.0. The molecular weight excluding hydrogens is 294 g/mol. The number of hydrogen-bond acceptors (Lipinski definition) is 5. The SMILES string of the molecule is CC1OCCC1(O)CNS(=O)(=O)c1c(Cl)cnn1C. The number of ether oxygens (including phenoxy) is 1. The summed E-state index contributed by atoms with van der Waals surface area (Å²) in [5.41, 5.74) is -1.20. The molecule has 1 aliphatic heterocycles. The standard InChI is InChI=1S/C10H16ClN3O4S/c1-7-10(15,3-4-18-7)6-13-19(16,17)9-8(11)5-12-14(9)2/h5,7,13,15H,3-4,6H2,1-2H3. The number of aryl methyl sites for hydroxylation is 1. The number of nitrogens with one attached hydrogen (secondary N) is 1. The van der Waals surface area contributed by atoms with E-state index < -0.39 is 21.7 Å². The predicted octanol–water partition coefficient (Wildman–Crippen LogP) is -0.108. The minimum absolute atomic E-state index is 0.0395. The van der Waals surface area contributed by atoms with E-state index in [-0.39, 0.29) is 16.6 Å². The molecule has 0 bridgehead atoms. The predicted molar refractivity (Wildman–Crippen MR) is 68.4 cm³/mol. The average molecular weight is 310 g/mol. The zero-order valence-electron chi connectivity index (χ0n) is 10.6. The van der Waals surface area contributed by atoms with Crippen LogP contribution < -0.4 is 4.72 Å². The third-order valence-corrected chi connectivity index (χ3v) is 5.23. The lowest BCUT2D eigenvalue weighted by molar-refractivity contribution is -0.0228. The molecule has 1 aromatic heterocycles. The molecule has 9 heteroatoms. The first-order chi connectivity index (χ1) is 8.76. The molecule has 0 saturated carbocycles. The molecule has 2 heterocycles. The van der Waals surface area contributed by atoms with Gasteiger partial charge in [-0.2, -0.15) is 5.10 Å². The van der Waals surface area contributed by atoms with Crippen molar-refractivity contribution in [2.24, 2.45) is 7.05 Å². The van der Waals surface area contributed by atoms with Crippen molar-refractivity contribution < 1.29 is 18.3 Å². The van der Waals surface area contributed by atoms with Crippen LogP contribution in [0.4, 0.5) is 0 Å². The maximum absolute atomic E-state index is 12.1. The summed E-state index contributed by atoms with van der Waals surface area (Å²) in [6.07, 6.45) is 1.22. The Kier molecular flexibility index (Phi) is 3.90. The first kappa shape index (κ1) is 14.7. The number of halogens is 1. The highest BCUT2D eigenvalue weighted by Gasteiger charge is 2.40. The molecule has 1 saturated heterocycles. The zero-order valence-corrected chi connectivity index (χ0v) is 12.2. The molecule has 0 aromatic carbocycles. The largest absolute Gasteiger partial charge is 0.386 e. The minimum Gasteiger partial charge on any atom is -0.386 e. The molecule has 0 spiro atoms. The Morgan fingerprint density at radius 2 is 2.42 bits per heavy atom. The van der Waals surface area contributed by atoms with Crippen molar-refractivity contribution in [2.75, 3.05) is 13.2 Å². The summed E-state index contributed by atoms with van der Waals surface area (Å²) in [6, 6.07) is 0. The van der Waals surface area contributed by atoms with Crippen LogP contribution in [0.3, 0.4) is 0 Å². The molecular formula is C10H16ClN3O4S. The van der Waals surface area contributed by atoms with Gasteiger partial charge in [0.25, 0.3) is 10.0 Å². The van der Waals surface area contributed by atoms with Gasteiger partial charge in [-0.3, -0.25) is 4.68 Å². The summed E-state index contributed by atoms with van der Waals surface area (Å²) >= 11 is 5.80. The van der Waals surface area contributed by atoms with Gasteiger partial charge in [-0.25, -0.2) is 13.1 Å². The van der Waals surface area contributed by atoms with Crippen molar-refractivity contribution in [3.8, 4) is 0 Å². The lowest BCUT2D eigenvalue weighted by Crippen LogP contribution is -2.47. The summed E-state index contributed by atoms with van der Waals surface area (Å²) in [5, 5.41) is 13.9. The number of aliphatic hydroxyl groups is 1. The zero-order chi connectivity index (χ0) is 14.3. The molecule has 19 heavy (non-hydrogen) atoms. The molecule has 0 radical (unpaired) electrons. The van der Waals surface area contributed by atoms with Gasteiger partial charge in [-0.1, -0.05) is 11.6 Å². The third-order valence-electron chi connectivity index (χ3n) is 3.32. The van der Waals surface area contributed by atoms with Crippen LogP contribution in [-0.2, 0) is 21.8 Å². The van der Waals surface area contributed by atoms with Gasteiger partial charge in [0.2, 0.25) is 0 Å². The van der Waals surface area contributed by atoms with Crippen LogP contribution in [-0.4, -0.2) is 48.2 Å². The molecule has 2 atom stereocenters. The molecule has 1 aromatic rings. The van der Waals surface area contributed by atoms with Crippen LogP contribution in [0.2, 0.25) is 5.02 Å². The van der Waals surface area contributed by atoms with Gasteiger partial charge < -0.3 is 9.84 Å². The maximum atomic E-state index is 12.1. The molecule has 1 fully saturated rings. The Hall–Kier alpha value is -0.670. The van der Waals surface area contributed by atoms with Gasteiger partial charge in [0.15, 0.2) is 5.03 Å². The van der Waals surface area contributed by atoms with E-state index in [0.717, 1.165) is 0 Å². The van der Waals surface area contributed by atoms with Gasteiger partial charge in [0, 0.05) is 26.6 Å². The van der Waals surface area contributed by atoms with Crippen molar-refractivity contribution in [1.82, 2.24) is 14.5 Å². The van der Waals surface area contributed by atoms with Crippen molar-refractivity contribution in [1.29, 1.82) is 0 Å². The highest BCUT2D eigenvalue weighted by atomic mass is 35.5. The summed E-state index contributed by atoms with van der Waals surface area (Å²) in [4.78, 5) is 0. The van der Waals surface area contributed by atoms with Crippen LogP contribution in [0, 0.1) is 0 Å². The van der Waals surface area contributed by atoms with E-state index in [9.17, 15) is 13.5 Å². The molecule has 1 aliphatic rings. The maximum Gasteiger partial charge on any atom is 0.259 e. The lowest BCUT2D eigenvalue weighted by atomic mass is 9.97. The topological polar surface area (TPSA) is 93.4 Å². The fourth-order valence-corrected chi connectivity index (χ4v) is 3.74. The molecule has 2 unspecified atom stereocenters. The van der Waals surface area contributed by atoms with Crippen LogP contribution >= 0.6 is 11.6 Å². The highest BCUT2D eigenvalue weighted by Crippen LogP contribution is 2.26. The smallest absolute Gasteiger partial charge is 0.259 e. The number of rotatable bonds is 4. The van der Waals surface area contributed by atoms with Gasteiger partial charge in [0.05, 0.1) is 17.3 Å². The Labute approximate surface area is 116 Å². The van der Waals surface area contributed by atoms with Crippen molar-refractivity contribution in [3.63, 3.8) is 0 Å². The van der Waals surface area contributed by atoms with E-state index in [1.165, 1.54) is 17.9 Å². The third kappa shape index (κ3) is 2.77. The van der Waals surface area contributed by atoms with Crippen molar-refractivity contribution >= 4 is 21.6 Å². The normalized spacial score (nSPS) is 27.9. The molecule has 0 amide bonds. The Bertz CT molecular complexity index is 554. The second-order valence-corrected chi connectivity index (χ2v) is 6.70. The molecule has 2 N–H and O–H groups in total. The van der Waals surface area contributed by atoms with Crippen molar-refractivity contribution in [3.05, 3.63) is 11.2 Å². The van der Waals surface area contributed by atoms with E-state index in [0.29, 0.717) is 13.0 Å². The van der Waals surface area contributed by atoms with Gasteiger partial charge in [-0.05, 0) is 6.92 Å². The Morgan fingerprint density at radius 3 is 2.89 bits per heavy atom. The Morgan fingerprint density at radius 1 is 1.74 bits per heavy atom. The Balaban J connectivity index is 2.15. The van der Waals surface area contributed by atoms with Crippen molar-refractivity contribution in [2.45, 2.75) is 30.1 Å².